The molecule has 6 aromatic rings. The van der Waals surface area contributed by atoms with Gasteiger partial charge in [-0.25, -0.2) is 18.7 Å². The third kappa shape index (κ3) is 3.74. The van der Waals surface area contributed by atoms with E-state index in [9.17, 15) is 4.39 Å². The lowest BCUT2D eigenvalue weighted by molar-refractivity contribution is 0.631. The lowest BCUT2D eigenvalue weighted by Gasteiger charge is -2.11. The molecule has 0 saturated heterocycles. The molecule has 3 N–H and O–H groups in total. The predicted molar refractivity (Wildman–Crippen MR) is 136 cm³/mol. The summed E-state index contributed by atoms with van der Waals surface area (Å²) in [6, 6.07) is 13.5. The molecular weight excluding hydrogens is 460 g/mol. The van der Waals surface area contributed by atoms with Crippen LogP contribution in [0.15, 0.2) is 67.1 Å². The number of hydrogen-bond acceptors (Lipinski definition) is 5. The van der Waals surface area contributed by atoms with Gasteiger partial charge in [0.15, 0.2) is 11.5 Å². The molecule has 9 heteroatoms. The van der Waals surface area contributed by atoms with Crippen LogP contribution in [0.1, 0.15) is 13.8 Å². The second kappa shape index (κ2) is 8.53. The maximum atomic E-state index is 15.1. The van der Waals surface area contributed by atoms with Gasteiger partial charge in [-0.15, -0.1) is 0 Å². The maximum absolute atomic E-state index is 15.1. The number of aromatic nitrogens is 6. The first-order chi connectivity index (χ1) is 17.5. The summed E-state index contributed by atoms with van der Waals surface area (Å²) in [4.78, 5) is 16.5. The summed E-state index contributed by atoms with van der Waals surface area (Å²) in [7, 11) is 0. The minimum Gasteiger partial charge on any atom is -0.382 e. The summed E-state index contributed by atoms with van der Waals surface area (Å²) in [6.45, 7) is 4.05. The fourth-order valence-electron chi connectivity index (χ4n) is 4.37. The fourth-order valence-corrected chi connectivity index (χ4v) is 4.37. The molecule has 2 aromatic carbocycles. The quantitative estimate of drug-likeness (QED) is 0.268. The minimum absolute atomic E-state index is 0.214. The van der Waals surface area contributed by atoms with Crippen LogP contribution in [0.25, 0.3) is 55.8 Å². The Balaban J connectivity index is 1.48. The van der Waals surface area contributed by atoms with Gasteiger partial charge in [-0.2, -0.15) is 5.10 Å². The Bertz CT molecular complexity index is 1740. The molecule has 4 aromatic heterocycles. The van der Waals surface area contributed by atoms with Crippen LogP contribution in [-0.2, 0) is 0 Å². The number of pyridine rings is 2. The Hall–Kier alpha value is -4.66. The largest absolute Gasteiger partial charge is 0.382 e. The molecule has 0 saturated carbocycles. The monoisotopic (exact) mass is 481 g/mol. The number of nitrogens with zero attached hydrogens (tertiary/aromatic N) is 4. The summed E-state index contributed by atoms with van der Waals surface area (Å²) in [5.74, 6) is -0.290. The van der Waals surface area contributed by atoms with Gasteiger partial charge >= 0.3 is 0 Å². The highest BCUT2D eigenvalue weighted by Crippen LogP contribution is 2.34. The number of rotatable bonds is 5. The van der Waals surface area contributed by atoms with Crippen LogP contribution in [0.2, 0.25) is 0 Å². The lowest BCUT2D eigenvalue weighted by Crippen LogP contribution is -2.09. The SMILES string of the molecule is CC(C)Nc1cncc(-c2cc3c(-c4nc5nccc(-c6ccccc6F)c5[nH]4)n[nH]c3cc2F)c1. The van der Waals surface area contributed by atoms with Crippen molar-refractivity contribution < 1.29 is 8.78 Å². The van der Waals surface area contributed by atoms with E-state index in [0.717, 1.165) is 5.69 Å². The molecule has 0 aliphatic carbocycles. The van der Waals surface area contributed by atoms with E-state index in [-0.39, 0.29) is 11.9 Å². The van der Waals surface area contributed by atoms with Gasteiger partial charge in [-0.3, -0.25) is 10.1 Å². The summed E-state index contributed by atoms with van der Waals surface area (Å²) < 4.78 is 29.6. The van der Waals surface area contributed by atoms with Gasteiger partial charge in [0, 0.05) is 58.3 Å². The van der Waals surface area contributed by atoms with E-state index in [0.29, 0.717) is 55.8 Å². The molecule has 178 valence electrons. The Morgan fingerprint density at radius 2 is 1.78 bits per heavy atom. The van der Waals surface area contributed by atoms with Crippen molar-refractivity contribution in [3.05, 3.63) is 78.8 Å². The van der Waals surface area contributed by atoms with Gasteiger partial charge < -0.3 is 10.3 Å². The first kappa shape index (κ1) is 21.8. The van der Waals surface area contributed by atoms with Gasteiger partial charge in [-0.05, 0) is 38.1 Å². The second-order valence-corrected chi connectivity index (χ2v) is 8.83. The smallest absolute Gasteiger partial charge is 0.178 e. The van der Waals surface area contributed by atoms with E-state index in [1.54, 1.807) is 48.9 Å². The highest BCUT2D eigenvalue weighted by Gasteiger charge is 2.19. The first-order valence-electron chi connectivity index (χ1n) is 11.5. The van der Waals surface area contributed by atoms with Crippen LogP contribution < -0.4 is 5.32 Å². The zero-order chi connectivity index (χ0) is 24.8. The molecule has 6 rings (SSSR count). The number of nitrogens with one attached hydrogen (secondary N) is 3. The number of hydrogen-bond donors (Lipinski definition) is 3. The Kier molecular flexibility index (Phi) is 5.18. The number of imidazole rings is 1. The van der Waals surface area contributed by atoms with E-state index in [2.05, 4.69) is 35.5 Å². The summed E-state index contributed by atoms with van der Waals surface area (Å²) in [6.07, 6.45) is 4.93. The number of halogens is 2. The topological polar surface area (TPSA) is 95.2 Å². The van der Waals surface area contributed by atoms with Crippen molar-refractivity contribution in [1.29, 1.82) is 0 Å². The van der Waals surface area contributed by atoms with E-state index >= 15 is 4.39 Å². The Morgan fingerprint density at radius 1 is 0.917 bits per heavy atom. The zero-order valence-electron chi connectivity index (χ0n) is 19.5. The van der Waals surface area contributed by atoms with Crippen molar-refractivity contribution in [3.8, 4) is 33.8 Å². The number of anilines is 1. The van der Waals surface area contributed by atoms with Crippen molar-refractivity contribution in [2.75, 3.05) is 5.32 Å². The molecule has 0 aliphatic rings. The van der Waals surface area contributed by atoms with Crippen LogP contribution in [0.4, 0.5) is 14.5 Å². The van der Waals surface area contributed by atoms with Crippen molar-refractivity contribution in [3.63, 3.8) is 0 Å². The average Bonchev–Trinajstić information content (AvgIpc) is 3.47. The normalized spacial score (nSPS) is 11.6. The average molecular weight is 482 g/mol. The summed E-state index contributed by atoms with van der Waals surface area (Å²) in [5, 5.41) is 11.3. The van der Waals surface area contributed by atoms with Crippen molar-refractivity contribution in [2.45, 2.75) is 19.9 Å². The van der Waals surface area contributed by atoms with Crippen molar-refractivity contribution in [2.24, 2.45) is 0 Å². The highest BCUT2D eigenvalue weighted by molar-refractivity contribution is 5.97. The number of fused-ring (bicyclic) bond motifs is 2. The van der Waals surface area contributed by atoms with Crippen LogP contribution in [0.5, 0.6) is 0 Å². The first-order valence-corrected chi connectivity index (χ1v) is 11.5. The summed E-state index contributed by atoms with van der Waals surface area (Å²) in [5.41, 5.74) is 4.98. The van der Waals surface area contributed by atoms with Gasteiger partial charge in [0.25, 0.3) is 0 Å². The van der Waals surface area contributed by atoms with Crippen molar-refractivity contribution in [1.82, 2.24) is 30.1 Å². The third-order valence-electron chi connectivity index (χ3n) is 5.94. The van der Waals surface area contributed by atoms with Gasteiger partial charge in [-0.1, -0.05) is 18.2 Å². The maximum Gasteiger partial charge on any atom is 0.178 e. The van der Waals surface area contributed by atoms with Crippen LogP contribution in [0, 0.1) is 11.6 Å². The molecule has 0 amide bonds. The molecule has 0 fully saturated rings. The molecule has 4 heterocycles. The van der Waals surface area contributed by atoms with E-state index < -0.39 is 5.82 Å². The molecule has 0 spiro atoms. The Morgan fingerprint density at radius 3 is 2.61 bits per heavy atom. The Labute approximate surface area is 204 Å². The molecule has 0 unspecified atom stereocenters. The summed E-state index contributed by atoms with van der Waals surface area (Å²) >= 11 is 0. The standard InChI is InChI=1S/C27H21F2N7/c1-14(2)32-16-9-15(12-30-13-16)19-10-20-23(11-22(19)29)35-36-25(20)27-33-24-18(7-8-31-26(24)34-27)17-5-3-4-6-21(17)28/h3-14,32H,1-2H3,(H,35,36)(H,31,33,34). The van der Waals surface area contributed by atoms with Gasteiger partial charge in [0.2, 0.25) is 0 Å². The van der Waals surface area contributed by atoms with E-state index in [1.165, 1.54) is 12.1 Å². The number of H-pyrrole nitrogens is 2. The minimum atomic E-state index is -0.394. The predicted octanol–water partition coefficient (Wildman–Crippen LogP) is 6.33. The number of benzene rings is 2. The van der Waals surface area contributed by atoms with Crippen molar-refractivity contribution >= 4 is 27.8 Å². The van der Waals surface area contributed by atoms with Crippen LogP contribution in [-0.4, -0.2) is 36.2 Å². The van der Waals surface area contributed by atoms with Gasteiger partial charge in [0.05, 0.1) is 16.7 Å². The van der Waals surface area contributed by atoms with Crippen LogP contribution in [0.3, 0.4) is 0 Å². The molecule has 0 aliphatic heterocycles. The highest BCUT2D eigenvalue weighted by atomic mass is 19.1. The third-order valence-corrected chi connectivity index (χ3v) is 5.94. The number of aromatic amines is 2. The molecular formula is C27H21F2N7. The van der Waals surface area contributed by atoms with Crippen LogP contribution >= 0.6 is 0 Å². The van der Waals surface area contributed by atoms with E-state index in [1.807, 2.05) is 19.9 Å². The molecule has 0 radical (unpaired) electrons. The molecule has 7 nitrogen and oxygen atoms in total. The fraction of sp³-hybridized carbons (Fsp3) is 0.111. The molecule has 0 atom stereocenters. The molecule has 0 bridgehead atoms. The lowest BCUT2D eigenvalue weighted by atomic mass is 10.0. The second-order valence-electron chi connectivity index (χ2n) is 8.83. The molecule has 36 heavy (non-hydrogen) atoms. The van der Waals surface area contributed by atoms with Gasteiger partial charge in [0.1, 0.15) is 17.3 Å². The zero-order valence-corrected chi connectivity index (χ0v) is 19.5. The van der Waals surface area contributed by atoms with E-state index in [4.69, 9.17) is 0 Å².